The van der Waals surface area contributed by atoms with Crippen LogP contribution in [0.2, 0.25) is 0 Å². The fourth-order valence-electron chi connectivity index (χ4n) is 3.76. The molecule has 1 amide bonds. The van der Waals surface area contributed by atoms with Crippen molar-refractivity contribution in [2.75, 3.05) is 18.1 Å². The highest BCUT2D eigenvalue weighted by Crippen LogP contribution is 2.43. The molecule has 0 bridgehead atoms. The molecule has 3 aromatic rings. The van der Waals surface area contributed by atoms with Gasteiger partial charge in [0.2, 0.25) is 0 Å². The largest absolute Gasteiger partial charge is 0.507 e. The van der Waals surface area contributed by atoms with Gasteiger partial charge in [0.05, 0.1) is 24.8 Å². The molecule has 1 aliphatic rings. The number of nitrogens with zero attached hydrogens (tertiary/aromatic N) is 2. The van der Waals surface area contributed by atoms with Gasteiger partial charge in [-0.25, -0.2) is 4.98 Å². The van der Waals surface area contributed by atoms with E-state index in [4.69, 9.17) is 9.47 Å². The van der Waals surface area contributed by atoms with Crippen molar-refractivity contribution in [1.29, 1.82) is 0 Å². The topological polar surface area (TPSA) is 89.0 Å². The summed E-state index contributed by atoms with van der Waals surface area (Å²) in [5.41, 5.74) is 1.08. The minimum absolute atomic E-state index is 0.00932. The fraction of sp³-hybridized carbons (Fsp3) is 0.269. The average Bonchev–Trinajstić information content (AvgIpc) is 3.48. The Morgan fingerprint density at radius 2 is 1.74 bits per heavy atom. The summed E-state index contributed by atoms with van der Waals surface area (Å²) in [5, 5.41) is 13.3. The van der Waals surface area contributed by atoms with E-state index in [1.807, 2.05) is 32.0 Å². The molecule has 1 aromatic heterocycles. The minimum atomic E-state index is -0.840. The van der Waals surface area contributed by atoms with E-state index in [1.54, 1.807) is 41.9 Å². The van der Waals surface area contributed by atoms with E-state index in [0.717, 1.165) is 12.8 Å². The number of amides is 1. The summed E-state index contributed by atoms with van der Waals surface area (Å²) in [6.45, 7) is 5.16. The third-order valence-electron chi connectivity index (χ3n) is 5.32. The normalized spacial score (nSPS) is 17.2. The number of hydrogen-bond donors (Lipinski definition) is 1. The lowest BCUT2D eigenvalue weighted by Crippen LogP contribution is -2.29. The van der Waals surface area contributed by atoms with Crippen LogP contribution in [0, 0.1) is 0 Å². The Balaban J connectivity index is 1.81. The number of anilines is 1. The SMILES string of the molecule is CCCOc1ccc(/C(O)=C2\C(=O)C(=O)N(c3nccs3)C2c2cccc(OCCC)c2)cc1. The van der Waals surface area contributed by atoms with E-state index in [1.165, 1.54) is 16.2 Å². The van der Waals surface area contributed by atoms with Crippen molar-refractivity contribution in [2.45, 2.75) is 32.7 Å². The van der Waals surface area contributed by atoms with Gasteiger partial charge in [0.15, 0.2) is 5.13 Å². The second-order valence-corrected chi connectivity index (χ2v) is 8.65. The van der Waals surface area contributed by atoms with E-state index >= 15 is 0 Å². The van der Waals surface area contributed by atoms with Crippen LogP contribution in [-0.4, -0.2) is 35.0 Å². The molecule has 1 unspecified atom stereocenters. The number of benzene rings is 2. The van der Waals surface area contributed by atoms with Crippen LogP contribution in [0.4, 0.5) is 5.13 Å². The quantitative estimate of drug-likeness (QED) is 0.253. The molecule has 2 aromatic carbocycles. The number of aliphatic hydroxyl groups excluding tert-OH is 1. The Bertz CT molecular complexity index is 1190. The number of ether oxygens (including phenoxy) is 2. The molecule has 1 saturated heterocycles. The number of thiazole rings is 1. The number of aromatic nitrogens is 1. The number of hydrogen-bond acceptors (Lipinski definition) is 7. The van der Waals surface area contributed by atoms with Crippen LogP contribution in [0.25, 0.3) is 5.76 Å². The zero-order valence-corrected chi connectivity index (χ0v) is 19.9. The average molecular weight is 479 g/mol. The summed E-state index contributed by atoms with van der Waals surface area (Å²) in [7, 11) is 0. The number of carbonyl (C=O) groups is 2. The molecular formula is C26H26N2O5S. The summed E-state index contributed by atoms with van der Waals surface area (Å²) < 4.78 is 11.4. The second-order valence-electron chi connectivity index (χ2n) is 7.78. The first-order valence-electron chi connectivity index (χ1n) is 11.2. The Labute approximate surface area is 202 Å². The van der Waals surface area contributed by atoms with Crippen molar-refractivity contribution in [3.8, 4) is 11.5 Å². The highest BCUT2D eigenvalue weighted by molar-refractivity contribution is 7.14. The van der Waals surface area contributed by atoms with Crippen LogP contribution >= 0.6 is 11.3 Å². The second kappa shape index (κ2) is 10.5. The maximum atomic E-state index is 13.2. The summed E-state index contributed by atoms with van der Waals surface area (Å²) in [4.78, 5) is 31.9. The van der Waals surface area contributed by atoms with Crippen LogP contribution < -0.4 is 14.4 Å². The number of carbonyl (C=O) groups excluding carboxylic acids is 2. The molecule has 0 spiro atoms. The van der Waals surface area contributed by atoms with Gasteiger partial charge < -0.3 is 14.6 Å². The summed E-state index contributed by atoms with van der Waals surface area (Å²) in [5.74, 6) is -0.446. The smallest absolute Gasteiger partial charge is 0.301 e. The zero-order chi connectivity index (χ0) is 24.1. The van der Waals surface area contributed by atoms with Gasteiger partial charge in [0.1, 0.15) is 17.3 Å². The van der Waals surface area contributed by atoms with Crippen molar-refractivity contribution in [2.24, 2.45) is 0 Å². The van der Waals surface area contributed by atoms with Crippen molar-refractivity contribution in [1.82, 2.24) is 4.98 Å². The third kappa shape index (κ3) is 4.68. The van der Waals surface area contributed by atoms with Crippen molar-refractivity contribution in [3.63, 3.8) is 0 Å². The molecule has 7 nitrogen and oxygen atoms in total. The van der Waals surface area contributed by atoms with Gasteiger partial charge in [0, 0.05) is 17.1 Å². The summed E-state index contributed by atoms with van der Waals surface area (Å²) in [6.07, 6.45) is 3.30. The number of aliphatic hydroxyl groups is 1. The van der Waals surface area contributed by atoms with E-state index < -0.39 is 17.7 Å². The molecule has 1 atom stereocenters. The lowest BCUT2D eigenvalue weighted by Gasteiger charge is -2.23. The molecule has 1 fully saturated rings. The van der Waals surface area contributed by atoms with E-state index in [0.29, 0.717) is 41.0 Å². The molecule has 176 valence electrons. The monoisotopic (exact) mass is 478 g/mol. The number of rotatable bonds is 9. The standard InChI is InChI=1S/C26H26N2O5S/c1-3-13-32-19-10-8-17(9-11-19)23(29)21-22(18-6-5-7-20(16-18)33-14-4-2)28(25(31)24(21)30)26-27-12-15-34-26/h5-12,15-16,22,29H,3-4,13-14H2,1-2H3/b23-21+. The van der Waals surface area contributed by atoms with Gasteiger partial charge in [-0.05, 0) is 54.8 Å². The Morgan fingerprint density at radius 3 is 2.38 bits per heavy atom. The van der Waals surface area contributed by atoms with Crippen LogP contribution in [0.1, 0.15) is 43.9 Å². The maximum Gasteiger partial charge on any atom is 0.301 e. The maximum absolute atomic E-state index is 13.2. The van der Waals surface area contributed by atoms with Gasteiger partial charge in [-0.15, -0.1) is 11.3 Å². The lowest BCUT2D eigenvalue weighted by atomic mass is 9.95. The van der Waals surface area contributed by atoms with Crippen molar-refractivity contribution < 1.29 is 24.2 Å². The predicted octanol–water partition coefficient (Wildman–Crippen LogP) is 5.35. The first-order valence-corrected chi connectivity index (χ1v) is 12.1. The highest BCUT2D eigenvalue weighted by Gasteiger charge is 2.48. The van der Waals surface area contributed by atoms with Gasteiger partial charge in [0.25, 0.3) is 5.78 Å². The molecule has 1 aliphatic heterocycles. The molecule has 8 heteroatoms. The summed E-state index contributed by atoms with van der Waals surface area (Å²) >= 11 is 1.25. The van der Waals surface area contributed by atoms with Crippen LogP contribution in [-0.2, 0) is 9.59 Å². The molecule has 4 rings (SSSR count). The Morgan fingerprint density at radius 1 is 1.03 bits per heavy atom. The molecule has 0 aliphatic carbocycles. The molecule has 0 radical (unpaired) electrons. The van der Waals surface area contributed by atoms with Crippen LogP contribution in [0.3, 0.4) is 0 Å². The van der Waals surface area contributed by atoms with E-state index in [-0.39, 0.29) is 11.3 Å². The van der Waals surface area contributed by atoms with Crippen LogP contribution in [0.5, 0.6) is 11.5 Å². The van der Waals surface area contributed by atoms with Gasteiger partial charge in [-0.3, -0.25) is 14.5 Å². The van der Waals surface area contributed by atoms with Gasteiger partial charge in [-0.1, -0.05) is 26.0 Å². The zero-order valence-electron chi connectivity index (χ0n) is 19.1. The molecule has 34 heavy (non-hydrogen) atoms. The summed E-state index contributed by atoms with van der Waals surface area (Å²) in [6, 6.07) is 13.2. The Kier molecular flexibility index (Phi) is 7.27. The predicted molar refractivity (Wildman–Crippen MR) is 131 cm³/mol. The Hall–Kier alpha value is -3.65. The molecule has 2 heterocycles. The van der Waals surface area contributed by atoms with Gasteiger partial charge >= 0.3 is 5.91 Å². The molecule has 0 saturated carbocycles. The van der Waals surface area contributed by atoms with E-state index in [9.17, 15) is 14.7 Å². The van der Waals surface area contributed by atoms with Crippen molar-refractivity contribution >= 4 is 33.9 Å². The fourth-order valence-corrected chi connectivity index (χ4v) is 4.43. The van der Waals surface area contributed by atoms with Gasteiger partial charge in [-0.2, -0.15) is 0 Å². The number of Topliss-reactive ketones (excluding diaryl/α,β-unsaturated/α-hetero) is 1. The first kappa shape index (κ1) is 23.5. The minimum Gasteiger partial charge on any atom is -0.507 e. The third-order valence-corrected chi connectivity index (χ3v) is 6.09. The highest BCUT2D eigenvalue weighted by atomic mass is 32.1. The molecular weight excluding hydrogens is 452 g/mol. The van der Waals surface area contributed by atoms with Crippen LogP contribution in [0.15, 0.2) is 65.7 Å². The number of ketones is 1. The molecule has 1 N–H and O–H groups in total. The van der Waals surface area contributed by atoms with Crippen molar-refractivity contribution in [3.05, 3.63) is 76.8 Å². The van der Waals surface area contributed by atoms with E-state index in [2.05, 4.69) is 4.98 Å². The first-order chi connectivity index (χ1) is 16.5. The lowest BCUT2D eigenvalue weighted by molar-refractivity contribution is -0.132.